The van der Waals surface area contributed by atoms with Gasteiger partial charge in [0, 0.05) is 34.3 Å². The highest BCUT2D eigenvalue weighted by atomic mass is 79.9. The molecule has 2 aromatic heterocycles. The van der Waals surface area contributed by atoms with Crippen LogP contribution in [0.25, 0.3) is 5.82 Å². The first kappa shape index (κ1) is 17.9. The number of rotatable bonds is 5. The number of anilines is 3. The fourth-order valence-corrected chi connectivity index (χ4v) is 3.04. The molecule has 4 aromatic rings. The second kappa shape index (κ2) is 8.01. The van der Waals surface area contributed by atoms with Crippen molar-refractivity contribution < 1.29 is 4.79 Å². The van der Waals surface area contributed by atoms with Gasteiger partial charge in [-0.05, 0) is 52.3 Å². The average molecular weight is 435 g/mol. The fourth-order valence-electron chi connectivity index (χ4n) is 2.58. The summed E-state index contributed by atoms with van der Waals surface area (Å²) in [6.07, 6.45) is 6.67. The topological polar surface area (TPSA) is 84.7 Å². The molecule has 0 aliphatic heterocycles. The number of amides is 1. The lowest BCUT2D eigenvalue weighted by Crippen LogP contribution is -2.12. The van der Waals surface area contributed by atoms with E-state index in [0.29, 0.717) is 22.9 Å². The van der Waals surface area contributed by atoms with Gasteiger partial charge in [0.1, 0.15) is 24.3 Å². The molecule has 138 valence electrons. The second-order valence-electron chi connectivity index (χ2n) is 5.87. The molecule has 2 aromatic carbocycles. The molecule has 0 bridgehead atoms. The standard InChI is InChI=1S/C20H15BrN6O/c21-17-4-2-1-3-16(17)20(28)26-15-7-5-14(6-8-15)25-18-11-19(24-12-23-18)27-10-9-22-13-27/h1-13H,(H,26,28)(H,23,24,25). The van der Waals surface area contributed by atoms with Crippen molar-refractivity contribution in [2.45, 2.75) is 0 Å². The molecule has 0 fully saturated rings. The van der Waals surface area contributed by atoms with Gasteiger partial charge in [0.15, 0.2) is 0 Å². The molecule has 0 spiro atoms. The summed E-state index contributed by atoms with van der Waals surface area (Å²) in [5, 5.41) is 6.11. The van der Waals surface area contributed by atoms with E-state index in [1.807, 2.05) is 54.7 Å². The van der Waals surface area contributed by atoms with Crippen molar-refractivity contribution in [3.8, 4) is 5.82 Å². The highest BCUT2D eigenvalue weighted by Crippen LogP contribution is 2.21. The first-order valence-electron chi connectivity index (χ1n) is 8.42. The summed E-state index contributed by atoms with van der Waals surface area (Å²) >= 11 is 3.39. The van der Waals surface area contributed by atoms with Crippen LogP contribution in [-0.4, -0.2) is 25.4 Å². The van der Waals surface area contributed by atoms with Crippen LogP contribution in [0.1, 0.15) is 10.4 Å². The second-order valence-corrected chi connectivity index (χ2v) is 6.72. The highest BCUT2D eigenvalue weighted by Gasteiger charge is 2.09. The Balaban J connectivity index is 1.45. The Labute approximate surface area is 169 Å². The number of carbonyl (C=O) groups excluding carboxylic acids is 1. The minimum atomic E-state index is -0.172. The number of nitrogens with one attached hydrogen (secondary N) is 2. The van der Waals surface area contributed by atoms with Gasteiger partial charge in [0.05, 0.1) is 5.56 Å². The number of carbonyl (C=O) groups is 1. The van der Waals surface area contributed by atoms with E-state index in [4.69, 9.17) is 0 Å². The smallest absolute Gasteiger partial charge is 0.256 e. The van der Waals surface area contributed by atoms with Gasteiger partial charge in [0.25, 0.3) is 5.91 Å². The molecule has 0 aliphatic carbocycles. The van der Waals surface area contributed by atoms with E-state index >= 15 is 0 Å². The number of imidazole rings is 1. The van der Waals surface area contributed by atoms with Gasteiger partial charge >= 0.3 is 0 Å². The van der Waals surface area contributed by atoms with E-state index in [2.05, 4.69) is 41.5 Å². The zero-order valence-corrected chi connectivity index (χ0v) is 16.2. The van der Waals surface area contributed by atoms with Crippen LogP contribution in [-0.2, 0) is 0 Å². The van der Waals surface area contributed by atoms with Crippen LogP contribution in [0.4, 0.5) is 17.2 Å². The molecular formula is C20H15BrN6O. The molecule has 4 rings (SSSR count). The molecule has 0 aliphatic rings. The third kappa shape index (κ3) is 4.07. The van der Waals surface area contributed by atoms with Crippen molar-refractivity contribution in [1.82, 2.24) is 19.5 Å². The predicted octanol–water partition coefficient (Wildman–Crippen LogP) is 4.42. The molecule has 1 amide bonds. The maximum Gasteiger partial charge on any atom is 0.256 e. The Morgan fingerprint density at radius 1 is 1.00 bits per heavy atom. The summed E-state index contributed by atoms with van der Waals surface area (Å²) in [6, 6.07) is 16.5. The first-order valence-corrected chi connectivity index (χ1v) is 9.22. The van der Waals surface area contributed by atoms with Gasteiger partial charge in [-0.1, -0.05) is 12.1 Å². The molecule has 2 heterocycles. The minimum Gasteiger partial charge on any atom is -0.340 e. The van der Waals surface area contributed by atoms with Gasteiger partial charge < -0.3 is 10.6 Å². The van der Waals surface area contributed by atoms with Crippen LogP contribution in [0.15, 0.2) is 84.1 Å². The van der Waals surface area contributed by atoms with Crippen LogP contribution in [0.3, 0.4) is 0 Å². The quantitative estimate of drug-likeness (QED) is 0.485. The van der Waals surface area contributed by atoms with Crippen LogP contribution in [0, 0.1) is 0 Å². The number of benzene rings is 2. The monoisotopic (exact) mass is 434 g/mol. The van der Waals surface area contributed by atoms with Gasteiger partial charge in [-0.2, -0.15) is 0 Å². The van der Waals surface area contributed by atoms with Crippen molar-refractivity contribution in [2.24, 2.45) is 0 Å². The largest absolute Gasteiger partial charge is 0.340 e. The summed E-state index contributed by atoms with van der Waals surface area (Å²) in [5.74, 6) is 1.20. The van der Waals surface area contributed by atoms with Crippen molar-refractivity contribution in [2.75, 3.05) is 10.6 Å². The maximum absolute atomic E-state index is 12.4. The number of nitrogens with zero attached hydrogens (tertiary/aromatic N) is 4. The van der Waals surface area contributed by atoms with Crippen molar-refractivity contribution >= 4 is 39.0 Å². The predicted molar refractivity (Wildman–Crippen MR) is 111 cm³/mol. The summed E-state index contributed by atoms with van der Waals surface area (Å²) in [5.41, 5.74) is 2.12. The van der Waals surface area contributed by atoms with Crippen molar-refractivity contribution in [3.05, 3.63) is 89.7 Å². The molecule has 0 saturated heterocycles. The van der Waals surface area contributed by atoms with Crippen LogP contribution >= 0.6 is 15.9 Å². The molecule has 0 saturated carbocycles. The molecule has 7 nitrogen and oxygen atoms in total. The molecule has 28 heavy (non-hydrogen) atoms. The maximum atomic E-state index is 12.4. The summed E-state index contributed by atoms with van der Waals surface area (Å²) in [7, 11) is 0. The third-order valence-electron chi connectivity index (χ3n) is 3.96. The molecule has 0 radical (unpaired) electrons. The molecular weight excluding hydrogens is 420 g/mol. The SMILES string of the molecule is O=C(Nc1ccc(Nc2cc(-n3ccnc3)ncn2)cc1)c1ccccc1Br. The first-order chi connectivity index (χ1) is 13.7. The lowest BCUT2D eigenvalue weighted by atomic mass is 10.2. The van der Waals surface area contributed by atoms with Crippen LogP contribution < -0.4 is 10.6 Å². The van der Waals surface area contributed by atoms with E-state index in [-0.39, 0.29) is 5.91 Å². The fraction of sp³-hybridized carbons (Fsp3) is 0. The van der Waals surface area contributed by atoms with E-state index in [0.717, 1.165) is 10.2 Å². The Morgan fingerprint density at radius 2 is 1.79 bits per heavy atom. The Bertz CT molecular complexity index is 1100. The van der Waals surface area contributed by atoms with Crippen molar-refractivity contribution in [3.63, 3.8) is 0 Å². The molecule has 8 heteroatoms. The lowest BCUT2D eigenvalue weighted by Gasteiger charge is -2.10. The zero-order valence-electron chi connectivity index (χ0n) is 14.6. The van der Waals surface area contributed by atoms with Gasteiger partial charge in [0.2, 0.25) is 0 Å². The zero-order chi connectivity index (χ0) is 19.3. The summed E-state index contributed by atoms with van der Waals surface area (Å²) < 4.78 is 2.55. The van der Waals surface area contributed by atoms with E-state index in [1.165, 1.54) is 6.33 Å². The number of aromatic nitrogens is 4. The molecule has 0 atom stereocenters. The Kier molecular flexibility index (Phi) is 5.11. The van der Waals surface area contributed by atoms with Crippen LogP contribution in [0.5, 0.6) is 0 Å². The number of hydrogen-bond acceptors (Lipinski definition) is 5. The Hall–Kier alpha value is -3.52. The minimum absolute atomic E-state index is 0.172. The molecule has 0 unspecified atom stereocenters. The van der Waals surface area contributed by atoms with Gasteiger partial charge in [-0.25, -0.2) is 15.0 Å². The van der Waals surface area contributed by atoms with Gasteiger partial charge in [-0.3, -0.25) is 9.36 Å². The van der Waals surface area contributed by atoms with Crippen molar-refractivity contribution in [1.29, 1.82) is 0 Å². The summed E-state index contributed by atoms with van der Waals surface area (Å²) in [6.45, 7) is 0. The van der Waals surface area contributed by atoms with E-state index < -0.39 is 0 Å². The number of hydrogen-bond donors (Lipinski definition) is 2. The van der Waals surface area contributed by atoms with Crippen LogP contribution in [0.2, 0.25) is 0 Å². The lowest BCUT2D eigenvalue weighted by molar-refractivity contribution is 0.102. The third-order valence-corrected chi connectivity index (χ3v) is 4.65. The number of halogens is 1. The van der Waals surface area contributed by atoms with E-state index in [1.54, 1.807) is 23.2 Å². The summed E-state index contributed by atoms with van der Waals surface area (Å²) in [4.78, 5) is 24.9. The highest BCUT2D eigenvalue weighted by molar-refractivity contribution is 9.10. The van der Waals surface area contributed by atoms with E-state index in [9.17, 15) is 4.79 Å². The van der Waals surface area contributed by atoms with Gasteiger partial charge in [-0.15, -0.1) is 0 Å². The normalized spacial score (nSPS) is 10.5. The molecule has 2 N–H and O–H groups in total. The average Bonchev–Trinajstić information content (AvgIpc) is 3.25. The Morgan fingerprint density at radius 3 is 2.54 bits per heavy atom.